The van der Waals surface area contributed by atoms with Gasteiger partial charge in [-0.2, -0.15) is 5.10 Å². The molecule has 0 amide bonds. The highest BCUT2D eigenvalue weighted by atomic mass is 16.1. The lowest BCUT2D eigenvalue weighted by Gasteiger charge is -1.81. The smallest absolute Gasteiger partial charge is 0.261 e. The van der Waals surface area contributed by atoms with Gasteiger partial charge in [0.05, 0.1) is 12.5 Å². The maximum atomic E-state index is 10.9. The van der Waals surface area contributed by atoms with Crippen molar-refractivity contribution in [3.63, 3.8) is 0 Å². The van der Waals surface area contributed by atoms with Crippen molar-refractivity contribution in [3.05, 3.63) is 22.9 Å². The molecular formula is C14H40N4O. The number of H-pyrrole nitrogens is 2. The van der Waals surface area contributed by atoms with Crippen LogP contribution in [0.15, 0.2) is 17.3 Å². The third kappa shape index (κ3) is 10.00. The SMILES string of the molecule is C.C.C.C.C.C.C.C.C.O=c1[nH]cnc2[nH]ncc12. The zero-order valence-electron chi connectivity index (χ0n) is 4.96. The molecule has 0 fully saturated rings. The highest BCUT2D eigenvalue weighted by molar-refractivity contribution is 5.71. The summed E-state index contributed by atoms with van der Waals surface area (Å²) in [6.45, 7) is 0. The Bertz CT molecular complexity index is 407. The van der Waals surface area contributed by atoms with E-state index in [1.807, 2.05) is 0 Å². The third-order valence-corrected chi connectivity index (χ3v) is 1.25. The number of hydrogen-bond acceptors (Lipinski definition) is 3. The van der Waals surface area contributed by atoms with Crippen LogP contribution < -0.4 is 5.56 Å². The van der Waals surface area contributed by atoms with Crippen LogP contribution in [0.25, 0.3) is 11.0 Å². The van der Waals surface area contributed by atoms with Crippen molar-refractivity contribution in [3.8, 4) is 0 Å². The maximum absolute atomic E-state index is 10.9. The Morgan fingerprint density at radius 1 is 0.842 bits per heavy atom. The standard InChI is InChI=1S/C5H4N4O.9CH4/c10-5-3-1-8-9-4(3)6-2-7-5;;;;;;;;;/h1-2H,(H2,6,7,8,9,10);9*1H4. The van der Waals surface area contributed by atoms with E-state index in [1.165, 1.54) is 12.5 Å². The normalized spacial score (nSPS) is 5.47. The van der Waals surface area contributed by atoms with Gasteiger partial charge >= 0.3 is 0 Å². The molecule has 5 nitrogen and oxygen atoms in total. The first-order valence-electron chi connectivity index (χ1n) is 2.75. The minimum absolute atomic E-state index is 0. The summed E-state index contributed by atoms with van der Waals surface area (Å²) in [5.41, 5.74) is 0.350. The van der Waals surface area contributed by atoms with Gasteiger partial charge in [0.25, 0.3) is 5.56 Å². The molecule has 5 heteroatoms. The van der Waals surface area contributed by atoms with Crippen LogP contribution in [0.5, 0.6) is 0 Å². The van der Waals surface area contributed by atoms with Gasteiger partial charge in [-0.05, 0) is 0 Å². The molecule has 0 unspecified atom stereocenters. The van der Waals surface area contributed by atoms with Crippen LogP contribution in [-0.2, 0) is 0 Å². The van der Waals surface area contributed by atoms with Gasteiger partial charge in [-0.25, -0.2) is 4.98 Å². The highest BCUT2D eigenvalue weighted by Gasteiger charge is 1.97. The first kappa shape index (κ1) is 53.1. The van der Waals surface area contributed by atoms with Crippen LogP contribution in [0.4, 0.5) is 0 Å². The summed E-state index contributed by atoms with van der Waals surface area (Å²) in [4.78, 5) is 17.1. The molecule has 0 atom stereocenters. The summed E-state index contributed by atoms with van der Waals surface area (Å²) < 4.78 is 0. The molecule has 0 spiro atoms. The zero-order valence-corrected chi connectivity index (χ0v) is 4.96. The van der Waals surface area contributed by atoms with Gasteiger partial charge in [0, 0.05) is 0 Å². The topological polar surface area (TPSA) is 74.4 Å². The lowest BCUT2D eigenvalue weighted by molar-refractivity contribution is 1.08. The van der Waals surface area contributed by atoms with Crippen molar-refractivity contribution in [2.45, 2.75) is 66.8 Å². The van der Waals surface area contributed by atoms with Gasteiger partial charge in [0.2, 0.25) is 0 Å². The van der Waals surface area contributed by atoms with Crippen molar-refractivity contribution in [2.75, 3.05) is 0 Å². The van der Waals surface area contributed by atoms with Crippen molar-refractivity contribution >= 4 is 11.0 Å². The van der Waals surface area contributed by atoms with Gasteiger partial charge in [-0.1, -0.05) is 66.8 Å². The van der Waals surface area contributed by atoms with Gasteiger partial charge in [-0.3, -0.25) is 9.89 Å². The third-order valence-electron chi connectivity index (χ3n) is 1.25. The number of aromatic amines is 2. The van der Waals surface area contributed by atoms with Crippen LogP contribution in [0.1, 0.15) is 66.8 Å². The number of nitrogens with zero attached hydrogens (tertiary/aromatic N) is 2. The first-order chi connectivity index (χ1) is 4.88. The maximum Gasteiger partial charge on any atom is 0.261 e. The second-order valence-electron chi connectivity index (χ2n) is 1.86. The predicted molar refractivity (Wildman–Crippen MR) is 95.1 cm³/mol. The molecule has 0 saturated heterocycles. The minimum Gasteiger partial charge on any atom is -0.312 e. The Labute approximate surface area is 121 Å². The highest BCUT2D eigenvalue weighted by Crippen LogP contribution is 1.96. The molecular weight excluding hydrogens is 240 g/mol. The summed E-state index contributed by atoms with van der Waals surface area (Å²) in [6.07, 6.45) is 2.78. The number of fused-ring (bicyclic) bond motifs is 1. The molecule has 0 aliphatic rings. The van der Waals surface area contributed by atoms with E-state index >= 15 is 0 Å². The molecule has 19 heavy (non-hydrogen) atoms. The van der Waals surface area contributed by atoms with Crippen LogP contribution >= 0.6 is 0 Å². The zero-order chi connectivity index (χ0) is 6.97. The molecule has 0 aliphatic carbocycles. The number of nitrogens with one attached hydrogen (secondary N) is 2. The van der Waals surface area contributed by atoms with E-state index in [4.69, 9.17) is 0 Å². The Morgan fingerprint density at radius 3 is 1.74 bits per heavy atom. The average Bonchev–Trinajstić information content (AvgIpc) is 2.36. The predicted octanol–water partition coefficient (Wildman–Crippen LogP) is 5.37. The number of aromatic nitrogens is 4. The summed E-state index contributed by atoms with van der Waals surface area (Å²) in [6, 6.07) is 0. The van der Waals surface area contributed by atoms with Crippen molar-refractivity contribution in [2.24, 2.45) is 0 Å². The van der Waals surface area contributed by atoms with E-state index in [9.17, 15) is 4.79 Å². The fourth-order valence-corrected chi connectivity index (χ4v) is 0.777. The molecule has 2 aromatic heterocycles. The van der Waals surface area contributed by atoms with Gasteiger partial charge < -0.3 is 4.98 Å². The molecule has 2 N–H and O–H groups in total. The first-order valence-corrected chi connectivity index (χ1v) is 2.75. The Kier molecular flexibility index (Phi) is 60.4. The van der Waals surface area contributed by atoms with E-state index in [-0.39, 0.29) is 72.4 Å². The summed E-state index contributed by atoms with van der Waals surface area (Å²) in [5, 5.41) is 6.72. The van der Waals surface area contributed by atoms with Crippen LogP contribution in [0.2, 0.25) is 0 Å². The lowest BCUT2D eigenvalue weighted by Crippen LogP contribution is -2.04. The second-order valence-corrected chi connectivity index (χ2v) is 1.86. The van der Waals surface area contributed by atoms with Gasteiger partial charge in [-0.15, -0.1) is 0 Å². The fraction of sp³-hybridized carbons (Fsp3) is 0.643. The molecule has 0 aliphatic heterocycles. The van der Waals surface area contributed by atoms with E-state index in [2.05, 4.69) is 20.2 Å². The number of hydrogen-bond donors (Lipinski definition) is 2. The lowest BCUT2D eigenvalue weighted by atomic mass is 10.4. The Morgan fingerprint density at radius 2 is 1.32 bits per heavy atom. The molecule has 2 aromatic rings. The molecule has 0 saturated carbocycles. The Balaban J connectivity index is -0.0000000224. The van der Waals surface area contributed by atoms with Crippen molar-refractivity contribution < 1.29 is 0 Å². The van der Waals surface area contributed by atoms with Crippen molar-refractivity contribution in [1.82, 2.24) is 20.2 Å². The summed E-state index contributed by atoms with van der Waals surface area (Å²) in [5.74, 6) is 0. The number of rotatable bonds is 0. The van der Waals surface area contributed by atoms with Crippen LogP contribution in [0, 0.1) is 0 Å². The van der Waals surface area contributed by atoms with E-state index in [0.29, 0.717) is 11.0 Å². The summed E-state index contributed by atoms with van der Waals surface area (Å²) >= 11 is 0. The van der Waals surface area contributed by atoms with Crippen LogP contribution in [0.3, 0.4) is 0 Å². The van der Waals surface area contributed by atoms with E-state index in [0.717, 1.165) is 0 Å². The molecule has 2 heterocycles. The van der Waals surface area contributed by atoms with Gasteiger partial charge in [0.1, 0.15) is 5.39 Å². The second kappa shape index (κ2) is 21.6. The largest absolute Gasteiger partial charge is 0.312 e. The molecule has 0 radical (unpaired) electrons. The molecule has 2 rings (SSSR count). The quantitative estimate of drug-likeness (QED) is 0.681. The van der Waals surface area contributed by atoms with Gasteiger partial charge in [0.15, 0.2) is 5.65 Å². The van der Waals surface area contributed by atoms with E-state index in [1.54, 1.807) is 0 Å². The molecule has 122 valence electrons. The van der Waals surface area contributed by atoms with Crippen LogP contribution in [-0.4, -0.2) is 20.2 Å². The van der Waals surface area contributed by atoms with Crippen molar-refractivity contribution in [1.29, 1.82) is 0 Å². The fourth-order valence-electron chi connectivity index (χ4n) is 0.777. The molecule has 0 aromatic carbocycles. The minimum atomic E-state index is -0.168. The average molecular weight is 281 g/mol. The Hall–Kier alpha value is -1.65. The summed E-state index contributed by atoms with van der Waals surface area (Å²) in [7, 11) is 0. The molecule has 0 bridgehead atoms. The monoisotopic (exact) mass is 280 g/mol. The van der Waals surface area contributed by atoms with E-state index < -0.39 is 0 Å².